The van der Waals surface area contributed by atoms with Crippen molar-refractivity contribution in [3.05, 3.63) is 47.1 Å². The van der Waals surface area contributed by atoms with Crippen LogP contribution in [0.3, 0.4) is 0 Å². The van der Waals surface area contributed by atoms with E-state index in [4.69, 9.17) is 17.8 Å². The first-order chi connectivity index (χ1) is 20.6. The number of hydrogen-bond acceptors (Lipinski definition) is 6. The number of allylic oxidation sites excluding steroid dienone is 3. The number of carbonyl (C=O) groups is 2. The van der Waals surface area contributed by atoms with Gasteiger partial charge in [-0.25, -0.2) is 9.59 Å². The SMILES string of the molecule is C=C(C)[C@@H]1CCC(C)=C[C@H]1c1c(OC(=O)COS(C)(C)C(C)(C)C)cc(CCCCC)cc1OC(=O)COS(C)(C)C(C)(C)C. The molecule has 0 aromatic heterocycles. The number of esters is 2. The molecule has 2 rings (SSSR count). The first-order valence-electron chi connectivity index (χ1n) is 16.2. The maximum absolute atomic E-state index is 13.4. The largest absolute Gasteiger partial charge is 0.424 e. The van der Waals surface area contributed by atoms with Gasteiger partial charge in [0.2, 0.25) is 0 Å². The van der Waals surface area contributed by atoms with Gasteiger partial charge in [-0.1, -0.05) is 85.1 Å². The molecule has 0 saturated heterocycles. The highest BCUT2D eigenvalue weighted by molar-refractivity contribution is 8.30. The lowest BCUT2D eigenvalue weighted by Crippen LogP contribution is -2.29. The predicted octanol–water partition coefficient (Wildman–Crippen LogP) is 9.83. The summed E-state index contributed by atoms with van der Waals surface area (Å²) in [6.07, 6.45) is 16.3. The molecule has 1 aliphatic carbocycles. The molecular weight excluding hydrogens is 605 g/mol. The van der Waals surface area contributed by atoms with Crippen molar-refractivity contribution in [3.8, 4) is 11.5 Å². The average molecular weight is 667 g/mol. The summed E-state index contributed by atoms with van der Waals surface area (Å²) < 4.78 is 24.5. The van der Waals surface area contributed by atoms with Gasteiger partial charge in [0.05, 0.1) is 0 Å². The molecule has 45 heavy (non-hydrogen) atoms. The molecule has 0 fully saturated rings. The Labute approximate surface area is 278 Å². The van der Waals surface area contributed by atoms with Crippen molar-refractivity contribution in [1.29, 1.82) is 0 Å². The fourth-order valence-corrected chi connectivity index (χ4v) is 6.32. The third kappa shape index (κ3) is 11.2. The third-order valence-corrected chi connectivity index (χ3v) is 16.6. The van der Waals surface area contributed by atoms with Gasteiger partial charge < -0.3 is 17.8 Å². The first kappa shape index (κ1) is 39.4. The summed E-state index contributed by atoms with van der Waals surface area (Å²) in [5.74, 6) is -0.143. The van der Waals surface area contributed by atoms with Crippen molar-refractivity contribution in [2.45, 2.75) is 116 Å². The second-order valence-electron chi connectivity index (χ2n) is 15.2. The Hall–Kier alpha value is -1.74. The van der Waals surface area contributed by atoms with E-state index in [2.05, 4.69) is 93.1 Å². The minimum Gasteiger partial charge on any atom is -0.424 e. The van der Waals surface area contributed by atoms with Crippen LogP contribution in [0.4, 0.5) is 0 Å². The van der Waals surface area contributed by atoms with Crippen molar-refractivity contribution >= 4 is 32.6 Å². The second-order valence-corrected chi connectivity index (χ2v) is 23.0. The number of aryl methyl sites for hydroxylation is 1. The first-order valence-corrected chi connectivity index (χ1v) is 21.0. The quantitative estimate of drug-likeness (QED) is 0.0852. The van der Waals surface area contributed by atoms with Crippen molar-refractivity contribution in [2.24, 2.45) is 5.92 Å². The average Bonchev–Trinajstić information content (AvgIpc) is 2.89. The summed E-state index contributed by atoms with van der Waals surface area (Å²) in [5, 5.41) is 0. The normalized spacial score (nSPS) is 18.6. The lowest BCUT2D eigenvalue weighted by atomic mass is 9.73. The highest BCUT2D eigenvalue weighted by Gasteiger charge is 2.35. The van der Waals surface area contributed by atoms with Crippen molar-refractivity contribution in [2.75, 3.05) is 38.2 Å². The van der Waals surface area contributed by atoms with E-state index in [0.29, 0.717) is 17.1 Å². The van der Waals surface area contributed by atoms with Gasteiger partial charge in [0.1, 0.15) is 11.5 Å². The summed E-state index contributed by atoms with van der Waals surface area (Å²) >= 11 is 0. The predicted molar refractivity (Wildman–Crippen MR) is 195 cm³/mol. The lowest BCUT2D eigenvalue weighted by molar-refractivity contribution is -0.136. The molecule has 0 radical (unpaired) electrons. The van der Waals surface area contributed by atoms with E-state index in [9.17, 15) is 9.59 Å². The van der Waals surface area contributed by atoms with Crippen molar-refractivity contribution in [1.82, 2.24) is 0 Å². The topological polar surface area (TPSA) is 71.1 Å². The van der Waals surface area contributed by atoms with Gasteiger partial charge in [0.25, 0.3) is 0 Å². The van der Waals surface area contributed by atoms with Crippen LogP contribution in [-0.2, 0) is 24.4 Å². The number of rotatable bonds is 14. The van der Waals surface area contributed by atoms with Crippen LogP contribution in [0, 0.1) is 5.92 Å². The molecular formula is C37H62O6S2. The molecule has 0 saturated carbocycles. The molecule has 1 aromatic rings. The van der Waals surface area contributed by atoms with Gasteiger partial charge in [0, 0.05) is 21.0 Å². The molecule has 0 bridgehead atoms. The zero-order valence-corrected chi connectivity index (χ0v) is 32.1. The van der Waals surface area contributed by atoms with E-state index in [1.165, 1.54) is 5.57 Å². The number of hydrogen-bond donors (Lipinski definition) is 0. The maximum atomic E-state index is 13.4. The number of carbonyl (C=O) groups excluding carboxylic acids is 2. The van der Waals surface area contributed by atoms with Crippen LogP contribution >= 0.6 is 20.6 Å². The molecule has 0 N–H and O–H groups in total. The zero-order chi connectivity index (χ0) is 34.4. The van der Waals surface area contributed by atoms with E-state index in [-0.39, 0.29) is 34.5 Å². The summed E-state index contributed by atoms with van der Waals surface area (Å²) in [5.41, 5.74) is 3.96. The number of unbranched alkanes of at least 4 members (excludes halogenated alkanes) is 2. The Bertz CT molecular complexity index is 1170. The van der Waals surface area contributed by atoms with Gasteiger partial charge in [-0.2, -0.15) is 0 Å². The number of benzene rings is 1. The van der Waals surface area contributed by atoms with Crippen molar-refractivity contribution in [3.63, 3.8) is 0 Å². The lowest BCUT2D eigenvalue weighted by Gasteiger charge is -2.43. The van der Waals surface area contributed by atoms with Crippen LogP contribution in [-0.4, -0.2) is 59.7 Å². The van der Waals surface area contributed by atoms with Crippen LogP contribution in [0.2, 0.25) is 0 Å². The second kappa shape index (κ2) is 15.9. The van der Waals surface area contributed by atoms with Crippen LogP contribution in [0.1, 0.15) is 111 Å². The van der Waals surface area contributed by atoms with Gasteiger partial charge >= 0.3 is 11.9 Å². The fraction of sp³-hybridized carbons (Fsp3) is 0.676. The minimum atomic E-state index is -1.52. The maximum Gasteiger partial charge on any atom is 0.338 e. The Morgan fingerprint density at radius 3 is 1.73 bits per heavy atom. The Morgan fingerprint density at radius 2 is 1.33 bits per heavy atom. The molecule has 1 aromatic carbocycles. The standard InChI is InChI=1S/C37H62O6S2/c1-15-16-17-18-28-22-31(42-33(38)24-40-44(11,12)36(5,6)7)35(30-21-27(4)19-20-29(30)26(2)3)32(23-28)43-34(39)25-41-45(13,14)37(8,9)10/h21-23,29-30H,2,15-20,24-25H2,1,3-14H3/t29-,30+/m0/s1. The summed E-state index contributed by atoms with van der Waals surface area (Å²) in [6, 6.07) is 3.91. The molecule has 2 atom stereocenters. The Balaban J connectivity index is 2.62. The molecule has 1 aliphatic rings. The van der Waals surface area contributed by atoms with Gasteiger partial charge in [0.15, 0.2) is 13.2 Å². The van der Waals surface area contributed by atoms with E-state index in [1.54, 1.807) is 0 Å². The smallest absolute Gasteiger partial charge is 0.338 e. The number of ether oxygens (including phenoxy) is 2. The molecule has 8 heteroatoms. The van der Waals surface area contributed by atoms with Gasteiger partial charge in [-0.3, -0.25) is 0 Å². The van der Waals surface area contributed by atoms with Gasteiger partial charge in [-0.05, 0) is 88.2 Å². The molecule has 0 aliphatic heterocycles. The third-order valence-electron chi connectivity index (χ3n) is 9.29. The van der Waals surface area contributed by atoms with Gasteiger partial charge in [-0.15, -0.1) is 20.6 Å². The van der Waals surface area contributed by atoms with Crippen molar-refractivity contribution < 1.29 is 27.4 Å². The van der Waals surface area contributed by atoms with E-state index in [0.717, 1.165) is 49.7 Å². The van der Waals surface area contributed by atoms with Crippen LogP contribution in [0.5, 0.6) is 11.5 Å². The Morgan fingerprint density at radius 1 is 0.867 bits per heavy atom. The summed E-state index contributed by atoms with van der Waals surface area (Å²) in [4.78, 5) is 26.8. The molecule has 6 nitrogen and oxygen atoms in total. The summed E-state index contributed by atoms with van der Waals surface area (Å²) in [7, 11) is -3.04. The highest BCUT2D eigenvalue weighted by atomic mass is 32.3. The molecule has 258 valence electrons. The van der Waals surface area contributed by atoms with E-state index < -0.39 is 32.6 Å². The highest BCUT2D eigenvalue weighted by Crippen LogP contribution is 2.55. The molecule has 0 spiro atoms. The minimum absolute atomic E-state index is 0.0938. The van der Waals surface area contributed by atoms with Crippen LogP contribution in [0.25, 0.3) is 0 Å². The van der Waals surface area contributed by atoms with E-state index >= 15 is 0 Å². The zero-order valence-electron chi connectivity index (χ0n) is 30.5. The summed E-state index contributed by atoms with van der Waals surface area (Å²) in [6.45, 7) is 23.0. The fourth-order valence-electron chi connectivity index (χ4n) is 4.83. The Kier molecular flexibility index (Phi) is 13.9. The molecule has 0 amide bonds. The molecule has 0 unspecified atom stereocenters. The van der Waals surface area contributed by atoms with Crippen LogP contribution < -0.4 is 9.47 Å². The monoisotopic (exact) mass is 666 g/mol. The van der Waals surface area contributed by atoms with Crippen LogP contribution in [0.15, 0.2) is 35.9 Å². The molecule has 0 heterocycles. The van der Waals surface area contributed by atoms with E-state index in [1.807, 2.05) is 19.1 Å².